The van der Waals surface area contributed by atoms with Gasteiger partial charge in [-0.25, -0.2) is 8.42 Å². The second kappa shape index (κ2) is 7.99. The average Bonchev–Trinajstić information content (AvgIpc) is 2.69. The lowest BCUT2D eigenvalue weighted by atomic mass is 9.74. The Bertz CT molecular complexity index is 821. The molecule has 0 radical (unpaired) electrons. The average molecular weight is 390 g/mol. The lowest BCUT2D eigenvalue weighted by molar-refractivity contribution is -0.124. The van der Waals surface area contributed by atoms with Gasteiger partial charge >= 0.3 is 0 Å². The molecule has 7 heteroatoms. The molecule has 1 heterocycles. The predicted molar refractivity (Wildman–Crippen MR) is 103 cm³/mol. The third kappa shape index (κ3) is 4.17. The molecular formula is C20H27N3O3S. The van der Waals surface area contributed by atoms with Crippen molar-refractivity contribution in [3.05, 3.63) is 24.3 Å². The van der Waals surface area contributed by atoms with Gasteiger partial charge in [-0.2, -0.15) is 9.57 Å². The van der Waals surface area contributed by atoms with Gasteiger partial charge in [-0.15, -0.1) is 0 Å². The Morgan fingerprint density at radius 1 is 1.19 bits per heavy atom. The van der Waals surface area contributed by atoms with Crippen LogP contribution in [0.5, 0.6) is 0 Å². The number of carbonyl (C=O) groups is 1. The largest absolute Gasteiger partial charge is 0.325 e. The maximum Gasteiger partial charge on any atom is 0.244 e. The van der Waals surface area contributed by atoms with Crippen LogP contribution in [0.25, 0.3) is 0 Å². The highest BCUT2D eigenvalue weighted by Gasteiger charge is 2.39. The summed E-state index contributed by atoms with van der Waals surface area (Å²) in [7, 11) is -3.51. The molecule has 1 aliphatic heterocycles. The van der Waals surface area contributed by atoms with Crippen LogP contribution in [-0.2, 0) is 14.8 Å². The fourth-order valence-corrected chi connectivity index (χ4v) is 5.62. The number of hydrogen-bond acceptors (Lipinski definition) is 4. The Labute approximate surface area is 161 Å². The predicted octanol–water partition coefficient (Wildman–Crippen LogP) is 3.52. The van der Waals surface area contributed by atoms with Crippen molar-refractivity contribution in [3.8, 4) is 6.07 Å². The Morgan fingerprint density at radius 2 is 1.85 bits per heavy atom. The molecule has 1 saturated heterocycles. The van der Waals surface area contributed by atoms with Gasteiger partial charge in [0.15, 0.2) is 0 Å². The van der Waals surface area contributed by atoms with Gasteiger partial charge in [0.1, 0.15) is 5.41 Å². The van der Waals surface area contributed by atoms with Crippen molar-refractivity contribution in [2.24, 2.45) is 11.3 Å². The van der Waals surface area contributed by atoms with Crippen molar-refractivity contribution < 1.29 is 13.2 Å². The summed E-state index contributed by atoms with van der Waals surface area (Å²) in [5.41, 5.74) is -0.446. The monoisotopic (exact) mass is 389 g/mol. The number of benzene rings is 1. The lowest BCUT2D eigenvalue weighted by Gasteiger charge is -2.30. The molecule has 1 aliphatic carbocycles. The van der Waals surface area contributed by atoms with Crippen molar-refractivity contribution in [2.75, 3.05) is 18.4 Å². The van der Waals surface area contributed by atoms with E-state index >= 15 is 0 Å². The van der Waals surface area contributed by atoms with Crippen molar-refractivity contribution in [3.63, 3.8) is 0 Å². The van der Waals surface area contributed by atoms with E-state index in [9.17, 15) is 18.5 Å². The van der Waals surface area contributed by atoms with Gasteiger partial charge in [0, 0.05) is 18.8 Å². The summed E-state index contributed by atoms with van der Waals surface area (Å²) < 4.78 is 27.2. The van der Waals surface area contributed by atoms with Crippen LogP contribution in [0.1, 0.15) is 51.9 Å². The third-order valence-corrected chi connectivity index (χ3v) is 7.60. The summed E-state index contributed by atoms with van der Waals surface area (Å²) in [6, 6.07) is 8.48. The molecule has 0 aromatic heterocycles. The normalized spacial score (nSPS) is 23.3. The van der Waals surface area contributed by atoms with Gasteiger partial charge in [0.05, 0.1) is 11.0 Å². The maximum absolute atomic E-state index is 12.8. The first kappa shape index (κ1) is 19.8. The second-order valence-corrected chi connectivity index (χ2v) is 9.78. The quantitative estimate of drug-likeness (QED) is 0.853. The smallest absolute Gasteiger partial charge is 0.244 e. The molecule has 27 heavy (non-hydrogen) atoms. The van der Waals surface area contributed by atoms with Crippen LogP contribution in [-0.4, -0.2) is 31.7 Å². The number of piperidine rings is 1. The van der Waals surface area contributed by atoms with Gasteiger partial charge in [0.2, 0.25) is 15.9 Å². The third-order valence-electron chi connectivity index (χ3n) is 5.73. The van der Waals surface area contributed by atoms with Crippen LogP contribution >= 0.6 is 0 Å². The van der Waals surface area contributed by atoms with Crippen LogP contribution in [0, 0.1) is 22.7 Å². The Morgan fingerprint density at radius 3 is 2.44 bits per heavy atom. The van der Waals surface area contributed by atoms with E-state index in [4.69, 9.17) is 0 Å². The first-order valence-electron chi connectivity index (χ1n) is 9.70. The zero-order chi connectivity index (χ0) is 19.5. The van der Waals surface area contributed by atoms with E-state index in [-0.39, 0.29) is 10.8 Å². The zero-order valence-corrected chi connectivity index (χ0v) is 16.6. The molecule has 1 unspecified atom stereocenters. The molecule has 1 amide bonds. The van der Waals surface area contributed by atoms with Gasteiger partial charge in [-0.05, 0) is 55.9 Å². The van der Waals surface area contributed by atoms with Gasteiger partial charge in [-0.1, -0.05) is 26.2 Å². The fraction of sp³-hybridized carbons (Fsp3) is 0.600. The van der Waals surface area contributed by atoms with E-state index in [0.717, 1.165) is 32.1 Å². The van der Waals surface area contributed by atoms with E-state index in [1.54, 1.807) is 16.4 Å². The summed E-state index contributed by atoms with van der Waals surface area (Å²) >= 11 is 0. The van der Waals surface area contributed by atoms with Crippen LogP contribution in [0.15, 0.2) is 29.2 Å². The molecular weight excluding hydrogens is 362 g/mol. The van der Waals surface area contributed by atoms with Crippen molar-refractivity contribution in [1.29, 1.82) is 5.26 Å². The zero-order valence-electron chi connectivity index (χ0n) is 15.8. The molecule has 1 N–H and O–H groups in total. The number of nitrogens with one attached hydrogen (secondary N) is 1. The van der Waals surface area contributed by atoms with E-state index in [1.165, 1.54) is 12.1 Å². The molecule has 1 aromatic rings. The maximum atomic E-state index is 12.8. The summed E-state index contributed by atoms with van der Waals surface area (Å²) in [6.07, 6.45) is 5.91. The number of rotatable bonds is 4. The number of nitrogens with zero attached hydrogens (tertiary/aromatic N) is 2. The lowest BCUT2D eigenvalue weighted by Crippen LogP contribution is -2.39. The molecule has 2 fully saturated rings. The highest BCUT2D eigenvalue weighted by atomic mass is 32.2. The van der Waals surface area contributed by atoms with Crippen LogP contribution in [0.3, 0.4) is 0 Å². The Kier molecular flexibility index (Phi) is 5.87. The molecule has 1 saturated carbocycles. The first-order valence-corrected chi connectivity index (χ1v) is 11.1. The van der Waals surface area contributed by atoms with Crippen LogP contribution < -0.4 is 5.32 Å². The molecule has 0 spiro atoms. The molecule has 6 nitrogen and oxygen atoms in total. The summed E-state index contributed by atoms with van der Waals surface area (Å²) in [4.78, 5) is 12.9. The van der Waals surface area contributed by atoms with E-state index in [2.05, 4.69) is 18.3 Å². The summed E-state index contributed by atoms with van der Waals surface area (Å²) in [5.74, 6) is 0.0786. The Balaban J connectivity index is 1.72. The number of amides is 1. The molecule has 1 atom stereocenters. The minimum atomic E-state index is -3.51. The van der Waals surface area contributed by atoms with Crippen LogP contribution in [0.4, 0.5) is 5.69 Å². The van der Waals surface area contributed by atoms with Crippen molar-refractivity contribution in [1.82, 2.24) is 4.31 Å². The minimum absolute atomic E-state index is 0.238. The van der Waals surface area contributed by atoms with Crippen molar-refractivity contribution >= 4 is 21.6 Å². The van der Waals surface area contributed by atoms with Gasteiger partial charge in [0.25, 0.3) is 0 Å². The van der Waals surface area contributed by atoms with E-state index < -0.39 is 15.4 Å². The molecule has 2 aliphatic rings. The molecule has 1 aromatic carbocycles. The highest BCUT2D eigenvalue weighted by molar-refractivity contribution is 7.89. The number of carbonyl (C=O) groups excluding carboxylic acids is 1. The van der Waals surface area contributed by atoms with Gasteiger partial charge < -0.3 is 5.32 Å². The van der Waals surface area contributed by atoms with Crippen molar-refractivity contribution in [2.45, 2.75) is 56.8 Å². The summed E-state index contributed by atoms with van der Waals surface area (Å²) in [6.45, 7) is 3.16. The van der Waals surface area contributed by atoms with E-state index in [1.807, 2.05) is 0 Å². The number of nitriles is 1. The SMILES string of the molecule is CC1CCCN(S(=O)(=O)c2ccc(NC(=O)C3(C#N)CCCCC3)cc2)C1. The topological polar surface area (TPSA) is 90.3 Å². The summed E-state index contributed by atoms with van der Waals surface area (Å²) in [5, 5.41) is 12.3. The first-order chi connectivity index (χ1) is 12.9. The van der Waals surface area contributed by atoms with E-state index in [0.29, 0.717) is 37.5 Å². The fourth-order valence-electron chi connectivity index (χ4n) is 4.02. The minimum Gasteiger partial charge on any atom is -0.325 e. The van der Waals surface area contributed by atoms with Gasteiger partial charge in [-0.3, -0.25) is 4.79 Å². The Hall–Kier alpha value is -1.91. The highest BCUT2D eigenvalue weighted by Crippen LogP contribution is 2.37. The molecule has 3 rings (SSSR count). The molecule has 0 bridgehead atoms. The number of anilines is 1. The molecule has 146 valence electrons. The number of sulfonamides is 1. The number of hydrogen-bond donors (Lipinski definition) is 1. The van der Waals surface area contributed by atoms with Crippen LogP contribution in [0.2, 0.25) is 0 Å². The standard InChI is InChI=1S/C20H27N3O3S/c1-16-6-5-13-23(14-16)27(25,26)18-9-7-17(8-10-18)22-19(24)20(15-21)11-3-2-4-12-20/h7-10,16H,2-6,11-14H2,1H3,(H,22,24). The second-order valence-electron chi connectivity index (χ2n) is 7.84.